The lowest BCUT2D eigenvalue weighted by Crippen LogP contribution is -2.38. The summed E-state index contributed by atoms with van der Waals surface area (Å²) >= 11 is 0. The Bertz CT molecular complexity index is 398. The lowest BCUT2D eigenvalue weighted by Gasteiger charge is -2.22. The van der Waals surface area contributed by atoms with Crippen molar-refractivity contribution in [2.24, 2.45) is 0 Å². The van der Waals surface area contributed by atoms with Crippen molar-refractivity contribution in [2.75, 3.05) is 13.1 Å². The molecule has 1 aromatic rings. The fourth-order valence-corrected chi connectivity index (χ4v) is 2.70. The molecule has 1 rings (SSSR count). The summed E-state index contributed by atoms with van der Waals surface area (Å²) in [7, 11) is -3.14. The van der Waals surface area contributed by atoms with Crippen molar-refractivity contribution in [2.45, 2.75) is 32.6 Å². The molecule has 0 atom stereocenters. The van der Waals surface area contributed by atoms with Gasteiger partial charge in [-0.3, -0.25) is 0 Å². The molecular weight excluding hydrogens is 226 g/mol. The second-order valence-electron chi connectivity index (χ2n) is 3.89. The van der Waals surface area contributed by atoms with E-state index in [9.17, 15) is 8.42 Å². The quantitative estimate of drug-likeness (QED) is 0.749. The molecule has 0 aliphatic carbocycles. The molecule has 0 aromatic carbocycles. The van der Waals surface area contributed by atoms with Gasteiger partial charge in [-0.25, -0.2) is 17.7 Å². The first kappa shape index (κ1) is 13.2. The van der Waals surface area contributed by atoms with Crippen molar-refractivity contribution in [3.8, 4) is 0 Å². The van der Waals surface area contributed by atoms with E-state index in [1.807, 2.05) is 17.7 Å². The van der Waals surface area contributed by atoms with Gasteiger partial charge in [0.25, 0.3) is 0 Å². The number of likely N-dealkylation sites (N-methyl/N-ethyl adjacent to an activating group) is 1. The van der Waals surface area contributed by atoms with Gasteiger partial charge in [-0.15, -0.1) is 0 Å². The summed E-state index contributed by atoms with van der Waals surface area (Å²) in [6, 6.07) is 0. The summed E-state index contributed by atoms with van der Waals surface area (Å²) in [4.78, 5) is 3.92. The minimum Gasteiger partial charge on any atom is -0.336 e. The average molecular weight is 245 g/mol. The number of aromatic nitrogens is 2. The van der Waals surface area contributed by atoms with Crippen LogP contribution >= 0.6 is 0 Å². The minimum absolute atomic E-state index is 0.366. The number of nitrogens with zero attached hydrogens (tertiary/aromatic N) is 3. The van der Waals surface area contributed by atoms with Crippen LogP contribution in [0.15, 0.2) is 18.7 Å². The molecular formula is C10H19N3O2S. The Hall–Kier alpha value is -0.880. The van der Waals surface area contributed by atoms with Crippen molar-refractivity contribution in [1.29, 1.82) is 0 Å². The Kier molecular flexibility index (Phi) is 4.49. The van der Waals surface area contributed by atoms with Gasteiger partial charge in [0.15, 0.2) is 0 Å². The van der Waals surface area contributed by atoms with Crippen LogP contribution in [-0.4, -0.2) is 40.6 Å². The maximum absolute atomic E-state index is 11.9. The fourth-order valence-electron chi connectivity index (χ4n) is 1.41. The maximum atomic E-state index is 11.9. The highest BCUT2D eigenvalue weighted by molar-refractivity contribution is 7.89. The third kappa shape index (κ3) is 3.05. The number of rotatable bonds is 6. The zero-order valence-electron chi connectivity index (χ0n) is 10.00. The van der Waals surface area contributed by atoms with Crippen LogP contribution < -0.4 is 0 Å². The van der Waals surface area contributed by atoms with E-state index in [2.05, 4.69) is 4.98 Å². The first-order chi connectivity index (χ1) is 7.48. The van der Waals surface area contributed by atoms with E-state index in [1.54, 1.807) is 26.4 Å². The molecule has 6 heteroatoms. The van der Waals surface area contributed by atoms with Gasteiger partial charge in [0.2, 0.25) is 10.0 Å². The summed E-state index contributed by atoms with van der Waals surface area (Å²) in [6.45, 7) is 6.90. The molecule has 0 bridgehead atoms. The molecule has 0 amide bonds. The van der Waals surface area contributed by atoms with Crippen LogP contribution in [0.5, 0.6) is 0 Å². The summed E-state index contributed by atoms with van der Waals surface area (Å²) in [5.74, 6) is 0. The summed E-state index contributed by atoms with van der Waals surface area (Å²) in [5, 5.41) is -0.366. The number of hydrogen-bond acceptors (Lipinski definition) is 3. The monoisotopic (exact) mass is 245 g/mol. The highest BCUT2D eigenvalue weighted by atomic mass is 32.2. The number of hydrogen-bond donors (Lipinski definition) is 0. The van der Waals surface area contributed by atoms with Gasteiger partial charge in [0, 0.05) is 32.0 Å². The van der Waals surface area contributed by atoms with Crippen molar-refractivity contribution in [3.05, 3.63) is 18.7 Å². The maximum Gasteiger partial charge on any atom is 0.216 e. The predicted molar refractivity (Wildman–Crippen MR) is 63.5 cm³/mol. The molecule has 0 fully saturated rings. The van der Waals surface area contributed by atoms with E-state index >= 15 is 0 Å². The summed E-state index contributed by atoms with van der Waals surface area (Å²) in [6.07, 6.45) is 5.21. The van der Waals surface area contributed by atoms with Gasteiger partial charge in [-0.05, 0) is 13.8 Å². The second kappa shape index (κ2) is 5.45. The van der Waals surface area contributed by atoms with Crippen LogP contribution in [0, 0.1) is 0 Å². The Labute approximate surface area is 97.1 Å². The second-order valence-corrected chi connectivity index (χ2v) is 6.38. The van der Waals surface area contributed by atoms with E-state index in [0.29, 0.717) is 19.6 Å². The van der Waals surface area contributed by atoms with Crippen LogP contribution in [0.2, 0.25) is 0 Å². The number of imidazole rings is 1. The van der Waals surface area contributed by atoms with Crippen LogP contribution in [0.25, 0.3) is 0 Å². The molecule has 1 aromatic heterocycles. The molecule has 0 unspecified atom stereocenters. The Morgan fingerprint density at radius 1 is 1.44 bits per heavy atom. The van der Waals surface area contributed by atoms with Crippen molar-refractivity contribution in [1.82, 2.24) is 13.9 Å². The molecule has 0 radical (unpaired) electrons. The fraction of sp³-hybridized carbons (Fsp3) is 0.700. The first-order valence-electron chi connectivity index (χ1n) is 5.43. The van der Waals surface area contributed by atoms with Crippen molar-refractivity contribution in [3.63, 3.8) is 0 Å². The molecule has 0 aliphatic heterocycles. The largest absolute Gasteiger partial charge is 0.336 e. The van der Waals surface area contributed by atoms with E-state index in [-0.39, 0.29) is 5.25 Å². The highest BCUT2D eigenvalue weighted by Gasteiger charge is 2.23. The molecule has 5 nitrogen and oxygen atoms in total. The van der Waals surface area contributed by atoms with E-state index < -0.39 is 10.0 Å². The molecule has 0 saturated heterocycles. The highest BCUT2D eigenvalue weighted by Crippen LogP contribution is 2.08. The van der Waals surface area contributed by atoms with Crippen LogP contribution in [-0.2, 0) is 16.6 Å². The van der Waals surface area contributed by atoms with Crippen LogP contribution in [0.3, 0.4) is 0 Å². The molecule has 1 heterocycles. The smallest absolute Gasteiger partial charge is 0.216 e. The number of sulfonamides is 1. The van der Waals surface area contributed by atoms with Crippen LogP contribution in [0.4, 0.5) is 0 Å². The molecule has 0 saturated carbocycles. The van der Waals surface area contributed by atoms with Gasteiger partial charge in [-0.1, -0.05) is 6.92 Å². The normalized spacial score (nSPS) is 12.6. The van der Waals surface area contributed by atoms with Crippen LogP contribution in [0.1, 0.15) is 20.8 Å². The summed E-state index contributed by atoms with van der Waals surface area (Å²) in [5.41, 5.74) is 0. The van der Waals surface area contributed by atoms with Crippen molar-refractivity contribution < 1.29 is 8.42 Å². The van der Waals surface area contributed by atoms with E-state index in [4.69, 9.17) is 0 Å². The minimum atomic E-state index is -3.14. The van der Waals surface area contributed by atoms with E-state index in [0.717, 1.165) is 0 Å². The predicted octanol–water partition coefficient (Wildman–Crippen LogP) is 0.943. The molecule has 0 N–H and O–H groups in total. The lowest BCUT2D eigenvalue weighted by atomic mass is 10.6. The Morgan fingerprint density at radius 2 is 2.12 bits per heavy atom. The molecule has 0 spiro atoms. The summed E-state index contributed by atoms with van der Waals surface area (Å²) < 4.78 is 27.2. The average Bonchev–Trinajstić information content (AvgIpc) is 2.71. The standard InChI is InChI=1S/C10H19N3O2S/c1-4-13(16(14,15)10(2)3)8-7-12-6-5-11-9-12/h5-6,9-10H,4,7-8H2,1-3H3. The van der Waals surface area contributed by atoms with Crippen molar-refractivity contribution >= 4 is 10.0 Å². The zero-order valence-corrected chi connectivity index (χ0v) is 10.8. The lowest BCUT2D eigenvalue weighted by molar-refractivity contribution is 0.402. The van der Waals surface area contributed by atoms with Gasteiger partial charge in [-0.2, -0.15) is 0 Å². The topological polar surface area (TPSA) is 55.2 Å². The molecule has 0 aliphatic rings. The molecule has 16 heavy (non-hydrogen) atoms. The van der Waals surface area contributed by atoms with E-state index in [1.165, 1.54) is 4.31 Å². The van der Waals surface area contributed by atoms with Gasteiger partial charge in [0.05, 0.1) is 11.6 Å². The van der Waals surface area contributed by atoms with Gasteiger partial charge in [0.1, 0.15) is 0 Å². The Morgan fingerprint density at radius 3 is 2.56 bits per heavy atom. The Balaban J connectivity index is 2.63. The van der Waals surface area contributed by atoms with Gasteiger partial charge >= 0.3 is 0 Å². The SMILES string of the molecule is CCN(CCn1ccnc1)S(=O)(=O)C(C)C. The first-order valence-corrected chi connectivity index (χ1v) is 6.93. The molecule has 92 valence electrons. The zero-order chi connectivity index (χ0) is 12.2. The van der Waals surface area contributed by atoms with Gasteiger partial charge < -0.3 is 4.57 Å². The third-order valence-corrected chi connectivity index (χ3v) is 4.83. The third-order valence-electron chi connectivity index (χ3n) is 2.48.